The van der Waals surface area contributed by atoms with Gasteiger partial charge in [-0.3, -0.25) is 9.78 Å². The minimum atomic E-state index is -0.623. The van der Waals surface area contributed by atoms with Crippen LogP contribution in [0.1, 0.15) is 59.2 Å². The van der Waals surface area contributed by atoms with Gasteiger partial charge in [-0.15, -0.1) is 0 Å². The Bertz CT molecular complexity index is 1500. The number of carbonyl (C=O) groups is 1. The molecule has 4 rings (SSSR count). The van der Waals surface area contributed by atoms with Crippen LogP contribution in [0.15, 0.2) is 54.9 Å². The highest BCUT2D eigenvalue weighted by atomic mass is 19.1. The van der Waals surface area contributed by atoms with Gasteiger partial charge in [-0.25, -0.2) is 14.1 Å². The fourth-order valence-corrected chi connectivity index (χ4v) is 3.36. The van der Waals surface area contributed by atoms with Gasteiger partial charge in [-0.1, -0.05) is 38.7 Å². The average Bonchev–Trinajstić information content (AvgIpc) is 3.25. The predicted octanol–water partition coefficient (Wildman–Crippen LogP) is 4.95. The molecule has 0 unspecified atom stereocenters. The summed E-state index contributed by atoms with van der Waals surface area (Å²) in [6, 6.07) is 12.2. The Morgan fingerprint density at radius 1 is 1.03 bits per heavy atom. The van der Waals surface area contributed by atoms with E-state index in [-0.39, 0.29) is 17.1 Å². The van der Waals surface area contributed by atoms with Gasteiger partial charge in [-0.2, -0.15) is 5.10 Å². The molecular formula is C28H27FN6O. The van der Waals surface area contributed by atoms with Gasteiger partial charge in [0.05, 0.1) is 17.6 Å². The summed E-state index contributed by atoms with van der Waals surface area (Å²) < 4.78 is 15.4. The van der Waals surface area contributed by atoms with E-state index in [1.807, 2.05) is 38.1 Å². The van der Waals surface area contributed by atoms with Crippen LogP contribution in [0.2, 0.25) is 0 Å². The van der Waals surface area contributed by atoms with E-state index in [4.69, 9.17) is 10.8 Å². The normalized spacial score (nSPS) is 11.1. The van der Waals surface area contributed by atoms with E-state index < -0.39 is 5.82 Å². The third-order valence-electron chi connectivity index (χ3n) is 5.57. The monoisotopic (exact) mass is 482 g/mol. The van der Waals surface area contributed by atoms with Crippen LogP contribution in [0.4, 0.5) is 16.0 Å². The zero-order chi connectivity index (χ0) is 26.0. The molecule has 8 heteroatoms. The van der Waals surface area contributed by atoms with Crippen molar-refractivity contribution in [2.24, 2.45) is 0 Å². The highest BCUT2D eigenvalue weighted by Gasteiger charge is 2.22. The van der Waals surface area contributed by atoms with Crippen molar-refractivity contribution in [3.63, 3.8) is 0 Å². The molecule has 0 aliphatic rings. The van der Waals surface area contributed by atoms with E-state index in [1.165, 1.54) is 12.3 Å². The molecule has 1 aromatic carbocycles. The van der Waals surface area contributed by atoms with Crippen LogP contribution >= 0.6 is 0 Å². The standard InChI is InChI=1S/C28H27FN6O/c1-17-6-9-21(13-20(17)10-8-19-12-23(29)26(30)32-15-19)27(36)33-25-14-24(28(3,4)5)34-35(25)22-11-7-18(2)31-16-22/h6-7,9,11-16H,1-5H3,(H2,30,32)(H,33,36). The van der Waals surface area contributed by atoms with Crippen molar-refractivity contribution >= 4 is 17.5 Å². The van der Waals surface area contributed by atoms with Crippen LogP contribution in [-0.2, 0) is 5.41 Å². The first-order chi connectivity index (χ1) is 17.0. The first-order valence-electron chi connectivity index (χ1n) is 11.4. The number of aromatic nitrogens is 4. The third kappa shape index (κ3) is 5.41. The molecule has 0 saturated carbocycles. The second-order valence-corrected chi connectivity index (χ2v) is 9.56. The zero-order valence-electron chi connectivity index (χ0n) is 20.8. The van der Waals surface area contributed by atoms with E-state index in [0.717, 1.165) is 22.6 Å². The number of rotatable bonds is 3. The predicted molar refractivity (Wildman–Crippen MR) is 139 cm³/mol. The molecule has 0 aliphatic heterocycles. The quantitative estimate of drug-likeness (QED) is 0.403. The number of halogens is 1. The molecule has 0 bridgehead atoms. The molecule has 0 atom stereocenters. The maximum Gasteiger partial charge on any atom is 0.256 e. The van der Waals surface area contributed by atoms with E-state index >= 15 is 0 Å². The Hall–Kier alpha value is -4.51. The fraction of sp³-hybridized carbons (Fsp3) is 0.214. The largest absolute Gasteiger partial charge is 0.381 e. The number of aryl methyl sites for hydroxylation is 2. The lowest BCUT2D eigenvalue weighted by Crippen LogP contribution is -2.15. The van der Waals surface area contributed by atoms with Crippen molar-refractivity contribution in [2.75, 3.05) is 11.1 Å². The molecule has 0 saturated heterocycles. The summed E-state index contributed by atoms with van der Waals surface area (Å²) in [6.07, 6.45) is 3.13. The third-order valence-corrected chi connectivity index (χ3v) is 5.57. The highest BCUT2D eigenvalue weighted by molar-refractivity contribution is 6.04. The van der Waals surface area contributed by atoms with Crippen LogP contribution in [0, 0.1) is 31.5 Å². The van der Waals surface area contributed by atoms with E-state index in [1.54, 1.807) is 23.0 Å². The molecule has 0 radical (unpaired) electrons. The van der Waals surface area contributed by atoms with Crippen LogP contribution in [0.25, 0.3) is 5.69 Å². The molecular weight excluding hydrogens is 455 g/mol. The number of nitrogens with zero attached hydrogens (tertiary/aromatic N) is 4. The van der Waals surface area contributed by atoms with Gasteiger partial charge in [0.25, 0.3) is 5.91 Å². The number of nitrogen functional groups attached to an aromatic ring is 1. The Labute approximate surface area is 209 Å². The van der Waals surface area contributed by atoms with E-state index in [2.05, 4.69) is 47.9 Å². The maximum atomic E-state index is 13.7. The Balaban J connectivity index is 1.65. The average molecular weight is 483 g/mol. The smallest absolute Gasteiger partial charge is 0.256 e. The van der Waals surface area contributed by atoms with Gasteiger partial charge in [0, 0.05) is 40.1 Å². The lowest BCUT2D eigenvalue weighted by molar-refractivity contribution is 0.102. The summed E-state index contributed by atoms with van der Waals surface area (Å²) in [6.45, 7) is 9.99. The van der Waals surface area contributed by atoms with Gasteiger partial charge in [0.2, 0.25) is 0 Å². The summed E-state index contributed by atoms with van der Waals surface area (Å²) >= 11 is 0. The van der Waals surface area contributed by atoms with E-state index in [9.17, 15) is 9.18 Å². The Kier molecular flexibility index (Phi) is 6.58. The second-order valence-electron chi connectivity index (χ2n) is 9.56. The summed E-state index contributed by atoms with van der Waals surface area (Å²) in [4.78, 5) is 21.4. The molecule has 0 aliphatic carbocycles. The van der Waals surface area contributed by atoms with E-state index in [0.29, 0.717) is 22.5 Å². The van der Waals surface area contributed by atoms with Crippen LogP contribution in [0.3, 0.4) is 0 Å². The molecule has 3 aromatic heterocycles. The molecule has 4 aromatic rings. The van der Waals surface area contributed by atoms with Crippen molar-refractivity contribution in [3.8, 4) is 17.5 Å². The van der Waals surface area contributed by atoms with Gasteiger partial charge in [-0.05, 0) is 49.7 Å². The molecule has 1 amide bonds. The lowest BCUT2D eigenvalue weighted by atomic mass is 9.92. The van der Waals surface area contributed by atoms with Crippen LogP contribution in [-0.4, -0.2) is 25.7 Å². The first-order valence-corrected chi connectivity index (χ1v) is 11.4. The number of benzene rings is 1. The van der Waals surface area contributed by atoms with Crippen LogP contribution < -0.4 is 11.1 Å². The van der Waals surface area contributed by atoms with Crippen molar-refractivity contribution in [1.29, 1.82) is 0 Å². The number of anilines is 2. The number of carbonyl (C=O) groups excluding carboxylic acids is 1. The summed E-state index contributed by atoms with van der Waals surface area (Å²) in [5.74, 6) is 5.31. The Morgan fingerprint density at radius 2 is 1.81 bits per heavy atom. The summed E-state index contributed by atoms with van der Waals surface area (Å²) in [5.41, 5.74) is 10.0. The van der Waals surface area contributed by atoms with Gasteiger partial charge in [0.1, 0.15) is 5.82 Å². The highest BCUT2D eigenvalue weighted by Crippen LogP contribution is 2.26. The van der Waals surface area contributed by atoms with Gasteiger partial charge in [0.15, 0.2) is 11.6 Å². The number of pyridine rings is 2. The van der Waals surface area contributed by atoms with Crippen LogP contribution in [0.5, 0.6) is 0 Å². The minimum Gasteiger partial charge on any atom is -0.381 e. The number of nitrogens with one attached hydrogen (secondary N) is 1. The molecule has 0 fully saturated rings. The zero-order valence-corrected chi connectivity index (χ0v) is 20.8. The molecule has 3 N–H and O–H groups in total. The SMILES string of the molecule is Cc1ccc(-n2nc(C(C)(C)C)cc2NC(=O)c2ccc(C)c(C#Cc3cnc(N)c(F)c3)c2)cn1. The number of amides is 1. The second kappa shape index (κ2) is 9.62. The first kappa shape index (κ1) is 24.6. The van der Waals surface area contributed by atoms with Crippen molar-refractivity contribution in [3.05, 3.63) is 94.3 Å². The fourth-order valence-electron chi connectivity index (χ4n) is 3.36. The van der Waals surface area contributed by atoms with Gasteiger partial charge < -0.3 is 11.1 Å². The molecule has 36 heavy (non-hydrogen) atoms. The molecule has 7 nitrogen and oxygen atoms in total. The van der Waals surface area contributed by atoms with Gasteiger partial charge >= 0.3 is 0 Å². The maximum absolute atomic E-state index is 13.7. The number of hydrogen-bond donors (Lipinski definition) is 2. The van der Waals surface area contributed by atoms with Crippen molar-refractivity contribution in [2.45, 2.75) is 40.0 Å². The summed E-state index contributed by atoms with van der Waals surface area (Å²) in [7, 11) is 0. The Morgan fingerprint density at radius 3 is 2.47 bits per heavy atom. The van der Waals surface area contributed by atoms with Crippen molar-refractivity contribution < 1.29 is 9.18 Å². The summed E-state index contributed by atoms with van der Waals surface area (Å²) in [5, 5.41) is 7.71. The molecule has 182 valence electrons. The lowest BCUT2D eigenvalue weighted by Gasteiger charge is -2.14. The topological polar surface area (TPSA) is 98.7 Å². The number of nitrogens with two attached hydrogens (primary N) is 1. The minimum absolute atomic E-state index is 0.175. The van der Waals surface area contributed by atoms with Crippen molar-refractivity contribution in [1.82, 2.24) is 19.7 Å². The molecule has 3 heterocycles. The number of hydrogen-bond acceptors (Lipinski definition) is 5. The molecule has 0 spiro atoms.